The number of rotatable bonds is 10. The Morgan fingerprint density at radius 2 is 1.96 bits per heavy atom. The number of unbranched alkanes of at least 4 members (excludes halogenated alkanes) is 1. The molecule has 2 rings (SSSR count). The molecule has 4 N–H and O–H groups in total. The maximum absolute atomic E-state index is 12.7. The molecule has 1 aliphatic heterocycles. The Kier molecular flexibility index (Phi) is 8.66. The summed E-state index contributed by atoms with van der Waals surface area (Å²) < 4.78 is 10.4. The van der Waals surface area contributed by atoms with E-state index in [0.717, 1.165) is 32.2 Å². The molecule has 0 aromatic rings. The molecule has 1 aliphatic carbocycles. The van der Waals surface area contributed by atoms with E-state index in [1.54, 1.807) is 6.92 Å². The molecule has 154 valence electrons. The van der Waals surface area contributed by atoms with Crippen molar-refractivity contribution >= 4 is 17.9 Å². The number of ether oxygens (including phenoxy) is 2. The van der Waals surface area contributed by atoms with Gasteiger partial charge in [-0.15, -0.1) is 0 Å². The monoisotopic (exact) mass is 383 g/mol. The lowest BCUT2D eigenvalue weighted by Crippen LogP contribution is -2.57. The number of esters is 3. The van der Waals surface area contributed by atoms with Gasteiger partial charge in [0.25, 0.3) is 0 Å². The van der Waals surface area contributed by atoms with Crippen molar-refractivity contribution < 1.29 is 23.9 Å². The maximum atomic E-state index is 12.7. The fourth-order valence-electron chi connectivity index (χ4n) is 3.86. The number of nitrogens with two attached hydrogens (primary N) is 1. The molecule has 0 aromatic carbocycles. The Morgan fingerprint density at radius 1 is 1.22 bits per heavy atom. The second-order valence-corrected chi connectivity index (χ2v) is 7.38. The molecule has 2 aliphatic rings. The summed E-state index contributed by atoms with van der Waals surface area (Å²) in [5.41, 5.74) is 4.68. The molecule has 1 saturated heterocycles. The van der Waals surface area contributed by atoms with Crippen LogP contribution in [0.1, 0.15) is 64.7 Å². The molecular formula is C19H33N3O5. The Balaban J connectivity index is 2.05. The summed E-state index contributed by atoms with van der Waals surface area (Å²) in [6.45, 7) is 3.32. The third-order valence-corrected chi connectivity index (χ3v) is 5.35. The fraction of sp³-hybridized carbons (Fsp3) is 0.842. The van der Waals surface area contributed by atoms with Crippen LogP contribution in [0.5, 0.6) is 0 Å². The highest BCUT2D eigenvalue weighted by molar-refractivity contribution is 5.91. The molecule has 2 fully saturated rings. The molecule has 8 nitrogen and oxygen atoms in total. The van der Waals surface area contributed by atoms with Crippen LogP contribution in [0.3, 0.4) is 0 Å². The first-order valence-corrected chi connectivity index (χ1v) is 10.2. The van der Waals surface area contributed by atoms with Gasteiger partial charge in [0.2, 0.25) is 0 Å². The Bertz CT molecular complexity index is 513. The first-order chi connectivity index (χ1) is 13.0. The molecule has 0 aromatic heterocycles. The van der Waals surface area contributed by atoms with Gasteiger partial charge in [0.1, 0.15) is 17.6 Å². The van der Waals surface area contributed by atoms with Gasteiger partial charge in [-0.25, -0.2) is 9.59 Å². The fourth-order valence-corrected chi connectivity index (χ4v) is 3.86. The van der Waals surface area contributed by atoms with E-state index < -0.39 is 29.6 Å². The summed E-state index contributed by atoms with van der Waals surface area (Å²) in [5.74, 6) is -1.50. The van der Waals surface area contributed by atoms with E-state index in [2.05, 4.69) is 10.6 Å². The highest BCUT2D eigenvalue weighted by atomic mass is 16.6. The summed E-state index contributed by atoms with van der Waals surface area (Å²) in [6.07, 6.45) is 6.50. The number of hydrogen-bond acceptors (Lipinski definition) is 8. The molecule has 27 heavy (non-hydrogen) atoms. The van der Waals surface area contributed by atoms with Crippen LogP contribution in [-0.4, -0.2) is 55.2 Å². The van der Waals surface area contributed by atoms with Crippen molar-refractivity contribution in [3.8, 4) is 0 Å². The minimum Gasteiger partial charge on any atom is -0.465 e. The van der Waals surface area contributed by atoms with Crippen molar-refractivity contribution in [3.05, 3.63) is 0 Å². The van der Waals surface area contributed by atoms with E-state index in [0.29, 0.717) is 38.6 Å². The molecule has 0 spiro atoms. The van der Waals surface area contributed by atoms with Crippen molar-refractivity contribution in [2.75, 3.05) is 19.7 Å². The Hall–Kier alpha value is -1.51. The minimum atomic E-state index is -0.878. The average Bonchev–Trinajstić information content (AvgIpc) is 3.34. The molecule has 1 saturated carbocycles. The summed E-state index contributed by atoms with van der Waals surface area (Å²) in [5, 5.41) is 6.24. The van der Waals surface area contributed by atoms with E-state index in [1.165, 1.54) is 0 Å². The molecular weight excluding hydrogens is 350 g/mol. The lowest BCUT2D eigenvalue weighted by atomic mass is 9.95. The number of nitrogens with one attached hydrogen (secondary N) is 2. The van der Waals surface area contributed by atoms with Gasteiger partial charge in [-0.3, -0.25) is 10.1 Å². The van der Waals surface area contributed by atoms with Crippen molar-refractivity contribution in [3.63, 3.8) is 0 Å². The summed E-state index contributed by atoms with van der Waals surface area (Å²) >= 11 is 0. The van der Waals surface area contributed by atoms with E-state index in [-0.39, 0.29) is 12.6 Å². The number of carbonyl (C=O) groups is 3. The zero-order valence-corrected chi connectivity index (χ0v) is 16.3. The van der Waals surface area contributed by atoms with Crippen LogP contribution >= 0.6 is 0 Å². The topological polar surface area (TPSA) is 120 Å². The van der Waals surface area contributed by atoms with Crippen molar-refractivity contribution in [2.24, 2.45) is 5.73 Å². The van der Waals surface area contributed by atoms with Crippen LogP contribution in [0.15, 0.2) is 0 Å². The lowest BCUT2D eigenvalue weighted by molar-refractivity contribution is -0.163. The van der Waals surface area contributed by atoms with E-state index in [1.807, 2.05) is 0 Å². The van der Waals surface area contributed by atoms with Crippen LogP contribution in [0.2, 0.25) is 0 Å². The second kappa shape index (κ2) is 10.7. The van der Waals surface area contributed by atoms with Gasteiger partial charge in [-0.05, 0) is 58.5 Å². The van der Waals surface area contributed by atoms with E-state index in [9.17, 15) is 14.4 Å². The summed E-state index contributed by atoms with van der Waals surface area (Å²) in [7, 11) is 0. The van der Waals surface area contributed by atoms with Gasteiger partial charge >= 0.3 is 17.9 Å². The quantitative estimate of drug-likeness (QED) is 0.287. The highest BCUT2D eigenvalue weighted by Crippen LogP contribution is 2.32. The molecule has 0 amide bonds. The van der Waals surface area contributed by atoms with Crippen molar-refractivity contribution in [2.45, 2.75) is 82.3 Å². The third kappa shape index (κ3) is 5.99. The zero-order valence-electron chi connectivity index (χ0n) is 16.3. The number of hydrogen-bond donors (Lipinski definition) is 3. The van der Waals surface area contributed by atoms with Gasteiger partial charge in [0.05, 0.1) is 6.61 Å². The lowest BCUT2D eigenvalue weighted by Gasteiger charge is -2.32. The maximum Gasteiger partial charge on any atom is 0.330 e. The third-order valence-electron chi connectivity index (χ3n) is 5.35. The summed E-state index contributed by atoms with van der Waals surface area (Å²) in [4.78, 5) is 37.4. The largest absolute Gasteiger partial charge is 0.465 e. The first-order valence-electron chi connectivity index (χ1n) is 10.2. The van der Waals surface area contributed by atoms with Crippen LogP contribution in [-0.2, 0) is 23.9 Å². The minimum absolute atomic E-state index is 0.288. The summed E-state index contributed by atoms with van der Waals surface area (Å²) in [6, 6.07) is -1.16. The van der Waals surface area contributed by atoms with Crippen molar-refractivity contribution in [1.29, 1.82) is 0 Å². The molecule has 2 atom stereocenters. The van der Waals surface area contributed by atoms with Gasteiger partial charge in [-0.2, -0.15) is 0 Å². The predicted molar refractivity (Wildman–Crippen MR) is 99.8 cm³/mol. The normalized spacial score (nSPS) is 22.4. The molecule has 1 heterocycles. The first kappa shape index (κ1) is 21.8. The van der Waals surface area contributed by atoms with Gasteiger partial charge in [0.15, 0.2) is 0 Å². The molecule has 0 bridgehead atoms. The van der Waals surface area contributed by atoms with Gasteiger partial charge < -0.3 is 20.5 Å². The SMILES string of the molecule is CCOC(=O)C1(N[C@@H](CCCCN)C(=O)OC(=O)[C@@H]2CCCN2)CCCC1. The van der Waals surface area contributed by atoms with E-state index >= 15 is 0 Å². The zero-order chi connectivity index (χ0) is 19.7. The van der Waals surface area contributed by atoms with Crippen molar-refractivity contribution in [1.82, 2.24) is 10.6 Å². The van der Waals surface area contributed by atoms with E-state index in [4.69, 9.17) is 15.2 Å². The van der Waals surface area contributed by atoms with Crippen LogP contribution in [0.25, 0.3) is 0 Å². The van der Waals surface area contributed by atoms with Gasteiger partial charge in [0, 0.05) is 0 Å². The predicted octanol–water partition coefficient (Wildman–Crippen LogP) is 0.771. The van der Waals surface area contributed by atoms with Crippen LogP contribution in [0.4, 0.5) is 0 Å². The van der Waals surface area contributed by atoms with Crippen LogP contribution in [0, 0.1) is 0 Å². The smallest absolute Gasteiger partial charge is 0.330 e. The second-order valence-electron chi connectivity index (χ2n) is 7.38. The number of carbonyl (C=O) groups excluding carboxylic acids is 3. The molecule has 8 heteroatoms. The van der Waals surface area contributed by atoms with Gasteiger partial charge in [-0.1, -0.05) is 19.3 Å². The molecule has 0 unspecified atom stereocenters. The standard InChI is InChI=1S/C19H33N3O5/c1-2-26-18(25)19(10-4-5-11-19)22-15(8-3-6-12-20)17(24)27-16(23)14-9-7-13-21-14/h14-15,21-22H,2-13,20H2,1H3/t14-,15-/m0/s1. The molecule has 0 radical (unpaired) electrons. The Labute approximate surface area is 160 Å². The van der Waals surface area contributed by atoms with Crippen LogP contribution < -0.4 is 16.4 Å². The average molecular weight is 383 g/mol. The highest BCUT2D eigenvalue weighted by Gasteiger charge is 2.45. The Morgan fingerprint density at radius 3 is 2.56 bits per heavy atom.